The number of piperidine rings is 1. The van der Waals surface area contributed by atoms with Crippen LogP contribution in [0.5, 0.6) is 0 Å². The minimum Gasteiger partial charge on any atom is -0.305 e. The van der Waals surface area contributed by atoms with E-state index in [4.69, 9.17) is 11.6 Å². The average molecular weight is 390 g/mol. The van der Waals surface area contributed by atoms with Gasteiger partial charge in [-0.25, -0.2) is 14.2 Å². The molecule has 1 saturated heterocycles. The van der Waals surface area contributed by atoms with E-state index in [0.29, 0.717) is 28.8 Å². The number of hydrogen-bond donors (Lipinski definition) is 1. The van der Waals surface area contributed by atoms with Crippen LogP contribution in [-0.4, -0.2) is 43.6 Å². The molecule has 8 heteroatoms. The SMILES string of the molecule is CC(C)N1CCC(c2nc3cc(-c4ccc(F)cc4Cl)[nH]c(=O)n3n2)CC1. The average Bonchev–Trinajstić information content (AvgIpc) is 3.06. The predicted octanol–water partition coefficient (Wildman–Crippen LogP) is 3.46. The topological polar surface area (TPSA) is 66.3 Å². The maximum Gasteiger partial charge on any atom is 0.348 e. The van der Waals surface area contributed by atoms with Gasteiger partial charge in [0.25, 0.3) is 0 Å². The number of nitrogens with zero attached hydrogens (tertiary/aromatic N) is 4. The standard InChI is InChI=1S/C19H21ClFN5O/c1-11(2)25-7-5-12(6-8-25)18-23-17-10-16(22-19(27)26(17)24-18)14-4-3-13(21)9-15(14)20/h3-4,9-12H,5-8H2,1-2H3,(H,22,27). The normalized spacial score (nSPS) is 16.5. The summed E-state index contributed by atoms with van der Waals surface area (Å²) in [6.07, 6.45) is 1.95. The molecule has 4 rings (SSSR count). The Hall–Kier alpha value is -2.25. The molecule has 0 atom stereocenters. The molecule has 6 nitrogen and oxygen atoms in total. The van der Waals surface area contributed by atoms with Gasteiger partial charge in [-0.2, -0.15) is 4.52 Å². The van der Waals surface area contributed by atoms with Gasteiger partial charge < -0.3 is 9.88 Å². The minimum atomic E-state index is -0.426. The first kappa shape index (κ1) is 18.1. The summed E-state index contributed by atoms with van der Waals surface area (Å²) in [6, 6.07) is 6.32. The van der Waals surface area contributed by atoms with E-state index in [1.807, 2.05) is 0 Å². The lowest BCUT2D eigenvalue weighted by atomic mass is 9.95. The second-order valence-electron chi connectivity index (χ2n) is 7.26. The molecule has 0 amide bonds. The molecular formula is C19H21ClFN5O. The number of aromatic amines is 1. The van der Waals surface area contributed by atoms with Gasteiger partial charge in [-0.1, -0.05) is 11.6 Å². The van der Waals surface area contributed by atoms with Crippen molar-refractivity contribution >= 4 is 17.2 Å². The highest BCUT2D eigenvalue weighted by Crippen LogP contribution is 2.29. The molecule has 1 fully saturated rings. The van der Waals surface area contributed by atoms with Gasteiger partial charge in [0.1, 0.15) is 5.82 Å². The van der Waals surface area contributed by atoms with Crippen LogP contribution in [0, 0.1) is 5.82 Å². The molecular weight excluding hydrogens is 369 g/mol. The second kappa shape index (κ2) is 7.05. The molecule has 2 aromatic heterocycles. The van der Waals surface area contributed by atoms with Crippen LogP contribution in [0.3, 0.4) is 0 Å². The third-order valence-corrected chi connectivity index (χ3v) is 5.51. The molecule has 1 N–H and O–H groups in total. The fourth-order valence-corrected chi connectivity index (χ4v) is 3.89. The third kappa shape index (κ3) is 3.49. The van der Waals surface area contributed by atoms with Gasteiger partial charge >= 0.3 is 5.69 Å². The molecule has 1 aliphatic rings. The maximum atomic E-state index is 13.3. The Kier molecular flexibility index (Phi) is 4.74. The molecule has 142 valence electrons. The van der Waals surface area contributed by atoms with Gasteiger partial charge in [0.2, 0.25) is 0 Å². The quantitative estimate of drug-likeness (QED) is 0.744. The Labute approximate surface area is 161 Å². The summed E-state index contributed by atoms with van der Waals surface area (Å²) in [5.41, 5.74) is 1.12. The van der Waals surface area contributed by atoms with Crippen LogP contribution >= 0.6 is 11.6 Å². The highest BCUT2D eigenvalue weighted by molar-refractivity contribution is 6.33. The lowest BCUT2D eigenvalue weighted by Gasteiger charge is -2.33. The van der Waals surface area contributed by atoms with Crippen molar-refractivity contribution in [2.45, 2.75) is 38.6 Å². The molecule has 0 unspecified atom stereocenters. The number of aromatic nitrogens is 4. The summed E-state index contributed by atoms with van der Waals surface area (Å²) in [4.78, 5) is 22.3. The molecule has 0 bridgehead atoms. The summed E-state index contributed by atoms with van der Waals surface area (Å²) in [6.45, 7) is 6.41. The van der Waals surface area contributed by atoms with E-state index >= 15 is 0 Å². The number of halogens is 2. The monoisotopic (exact) mass is 389 g/mol. The lowest BCUT2D eigenvalue weighted by Crippen LogP contribution is -2.38. The Balaban J connectivity index is 1.67. The summed E-state index contributed by atoms with van der Waals surface area (Å²) in [7, 11) is 0. The number of rotatable bonds is 3. The molecule has 0 saturated carbocycles. The fraction of sp³-hybridized carbons (Fsp3) is 0.421. The van der Waals surface area contributed by atoms with Gasteiger partial charge in [-0.3, -0.25) is 0 Å². The van der Waals surface area contributed by atoms with Crippen LogP contribution in [-0.2, 0) is 0 Å². The minimum absolute atomic E-state index is 0.232. The summed E-state index contributed by atoms with van der Waals surface area (Å²) < 4.78 is 14.6. The Bertz CT molecular complexity index is 1040. The van der Waals surface area contributed by atoms with Crippen molar-refractivity contribution in [3.63, 3.8) is 0 Å². The van der Waals surface area contributed by atoms with Gasteiger partial charge in [-0.05, 0) is 58.0 Å². The van der Waals surface area contributed by atoms with Gasteiger partial charge in [-0.15, -0.1) is 5.10 Å². The van der Waals surface area contributed by atoms with E-state index in [1.165, 1.54) is 16.6 Å². The van der Waals surface area contributed by atoms with Gasteiger partial charge in [0.05, 0.1) is 10.7 Å². The van der Waals surface area contributed by atoms with Gasteiger partial charge in [0, 0.05) is 23.6 Å². The lowest BCUT2D eigenvalue weighted by molar-refractivity contribution is 0.169. The first-order valence-corrected chi connectivity index (χ1v) is 9.49. The Morgan fingerprint density at radius 3 is 2.67 bits per heavy atom. The van der Waals surface area contributed by atoms with Crippen molar-refractivity contribution in [3.05, 3.63) is 51.4 Å². The van der Waals surface area contributed by atoms with Crippen molar-refractivity contribution in [1.29, 1.82) is 0 Å². The van der Waals surface area contributed by atoms with E-state index in [9.17, 15) is 9.18 Å². The highest BCUT2D eigenvalue weighted by Gasteiger charge is 2.25. The van der Waals surface area contributed by atoms with Crippen LogP contribution in [0.4, 0.5) is 4.39 Å². The molecule has 1 aliphatic heterocycles. The zero-order valence-corrected chi connectivity index (χ0v) is 16.0. The summed E-state index contributed by atoms with van der Waals surface area (Å²) in [5.74, 6) is 0.521. The molecule has 0 spiro atoms. The van der Waals surface area contributed by atoms with Crippen molar-refractivity contribution in [3.8, 4) is 11.3 Å². The van der Waals surface area contributed by atoms with E-state index in [0.717, 1.165) is 25.9 Å². The Morgan fingerprint density at radius 2 is 2.00 bits per heavy atom. The molecule has 27 heavy (non-hydrogen) atoms. The van der Waals surface area contributed by atoms with Crippen molar-refractivity contribution in [2.75, 3.05) is 13.1 Å². The number of benzene rings is 1. The summed E-state index contributed by atoms with van der Waals surface area (Å²) in [5, 5.41) is 4.66. The zero-order valence-electron chi connectivity index (χ0n) is 15.2. The maximum absolute atomic E-state index is 13.3. The van der Waals surface area contributed by atoms with Crippen molar-refractivity contribution < 1.29 is 4.39 Å². The molecule has 3 heterocycles. The zero-order chi connectivity index (χ0) is 19.1. The second-order valence-corrected chi connectivity index (χ2v) is 7.66. The van der Waals surface area contributed by atoms with Crippen molar-refractivity contribution in [1.82, 2.24) is 24.5 Å². The molecule has 1 aromatic carbocycles. The fourth-order valence-electron chi connectivity index (χ4n) is 3.62. The first-order chi connectivity index (χ1) is 12.9. The van der Waals surface area contributed by atoms with Crippen LogP contribution in [0.25, 0.3) is 16.9 Å². The van der Waals surface area contributed by atoms with Crippen LogP contribution < -0.4 is 5.69 Å². The van der Waals surface area contributed by atoms with E-state index in [2.05, 4.69) is 33.8 Å². The summed E-state index contributed by atoms with van der Waals surface area (Å²) >= 11 is 6.12. The first-order valence-electron chi connectivity index (χ1n) is 9.12. The highest BCUT2D eigenvalue weighted by atomic mass is 35.5. The van der Waals surface area contributed by atoms with E-state index in [1.54, 1.807) is 12.1 Å². The van der Waals surface area contributed by atoms with Crippen LogP contribution in [0.15, 0.2) is 29.1 Å². The number of fused-ring (bicyclic) bond motifs is 1. The van der Waals surface area contributed by atoms with E-state index in [-0.39, 0.29) is 16.6 Å². The largest absolute Gasteiger partial charge is 0.348 e. The number of H-pyrrole nitrogens is 1. The molecule has 0 aliphatic carbocycles. The third-order valence-electron chi connectivity index (χ3n) is 5.20. The smallest absolute Gasteiger partial charge is 0.305 e. The van der Waals surface area contributed by atoms with E-state index < -0.39 is 5.82 Å². The van der Waals surface area contributed by atoms with Crippen LogP contribution in [0.2, 0.25) is 5.02 Å². The van der Waals surface area contributed by atoms with Crippen molar-refractivity contribution in [2.24, 2.45) is 0 Å². The number of hydrogen-bond acceptors (Lipinski definition) is 4. The predicted molar refractivity (Wildman–Crippen MR) is 103 cm³/mol. The molecule has 3 aromatic rings. The molecule has 0 radical (unpaired) electrons. The number of likely N-dealkylation sites (tertiary alicyclic amines) is 1. The van der Waals surface area contributed by atoms with Crippen LogP contribution in [0.1, 0.15) is 38.4 Å². The van der Waals surface area contributed by atoms with Gasteiger partial charge in [0.15, 0.2) is 11.5 Å². The number of nitrogens with one attached hydrogen (secondary N) is 1. The Morgan fingerprint density at radius 1 is 1.26 bits per heavy atom.